The number of carbonyl (C=O) groups is 1. The zero-order valence-corrected chi connectivity index (χ0v) is 13.5. The molecule has 4 rings (SSSR count). The van der Waals surface area contributed by atoms with Crippen LogP contribution < -0.4 is 14.8 Å². The first-order chi connectivity index (χ1) is 11.2. The van der Waals surface area contributed by atoms with Crippen LogP contribution in [-0.2, 0) is 0 Å². The molecule has 1 saturated heterocycles. The van der Waals surface area contributed by atoms with Gasteiger partial charge in [0.15, 0.2) is 11.5 Å². The molecule has 0 saturated carbocycles. The fraction of sp³-hybridized carbons (Fsp3) is 0.375. The molecule has 2 aliphatic rings. The van der Waals surface area contributed by atoms with E-state index in [9.17, 15) is 4.79 Å². The number of rotatable bonds is 2. The van der Waals surface area contributed by atoms with Gasteiger partial charge in [-0.15, -0.1) is 11.3 Å². The van der Waals surface area contributed by atoms with Crippen molar-refractivity contribution in [1.82, 2.24) is 15.2 Å². The van der Waals surface area contributed by atoms with Gasteiger partial charge in [-0.25, -0.2) is 9.78 Å². The Morgan fingerprint density at radius 3 is 2.78 bits per heavy atom. The third-order valence-electron chi connectivity index (χ3n) is 4.08. The summed E-state index contributed by atoms with van der Waals surface area (Å²) in [4.78, 5) is 18.4. The fourth-order valence-corrected chi connectivity index (χ4v) is 3.57. The molecule has 2 aromatic rings. The Kier molecular flexibility index (Phi) is 3.37. The van der Waals surface area contributed by atoms with Gasteiger partial charge in [0.25, 0.3) is 5.79 Å². The zero-order chi connectivity index (χ0) is 15.9. The predicted molar refractivity (Wildman–Crippen MR) is 85.7 cm³/mol. The highest BCUT2D eigenvalue weighted by molar-refractivity contribution is 7.09. The second-order valence-corrected chi connectivity index (χ2v) is 6.70. The average molecular weight is 331 g/mol. The number of fused-ring (bicyclic) bond motifs is 1. The molecular formula is C16H17N3O3S. The van der Waals surface area contributed by atoms with Gasteiger partial charge in [-0.1, -0.05) is 12.1 Å². The molecular weight excluding hydrogens is 314 g/mol. The summed E-state index contributed by atoms with van der Waals surface area (Å²) in [6.07, 6.45) is 2.39. The molecule has 7 heteroatoms. The lowest BCUT2D eigenvalue weighted by Gasteiger charge is -2.24. The molecule has 1 aromatic carbocycles. The summed E-state index contributed by atoms with van der Waals surface area (Å²) >= 11 is 1.53. The zero-order valence-electron chi connectivity index (χ0n) is 12.7. The molecule has 3 heterocycles. The number of ether oxygens (including phenoxy) is 2. The first kappa shape index (κ1) is 14.3. The normalized spacial score (nSPS) is 19.1. The van der Waals surface area contributed by atoms with Crippen molar-refractivity contribution in [3.8, 4) is 11.5 Å². The SMILES string of the molecule is C[C@H](NC(=O)N1CCC2(C1)Oc1ccccc1O2)c1nccs1. The number of thiazole rings is 1. The van der Waals surface area contributed by atoms with E-state index in [1.165, 1.54) is 11.3 Å². The fourth-order valence-electron chi connectivity index (χ4n) is 2.92. The lowest BCUT2D eigenvalue weighted by atomic mass is 10.2. The molecule has 1 aromatic heterocycles. The lowest BCUT2D eigenvalue weighted by molar-refractivity contribution is -0.0650. The smallest absolute Gasteiger partial charge is 0.318 e. The Morgan fingerprint density at radius 2 is 2.13 bits per heavy atom. The van der Waals surface area contributed by atoms with Crippen LogP contribution >= 0.6 is 11.3 Å². The molecule has 0 bridgehead atoms. The van der Waals surface area contributed by atoms with Crippen LogP contribution in [0.1, 0.15) is 24.4 Å². The number of benzene rings is 1. The Labute approximate surface area is 138 Å². The maximum Gasteiger partial charge on any atom is 0.318 e. The summed E-state index contributed by atoms with van der Waals surface area (Å²) in [7, 11) is 0. The largest absolute Gasteiger partial charge is 0.447 e. The first-order valence-electron chi connectivity index (χ1n) is 7.57. The van der Waals surface area contributed by atoms with Crippen molar-refractivity contribution in [1.29, 1.82) is 0 Å². The van der Waals surface area contributed by atoms with Gasteiger partial charge in [0.05, 0.1) is 12.6 Å². The molecule has 0 unspecified atom stereocenters. The number of likely N-dealkylation sites (tertiary alicyclic amines) is 1. The molecule has 1 N–H and O–H groups in total. The summed E-state index contributed by atoms with van der Waals surface area (Å²) in [5, 5.41) is 5.77. The Balaban J connectivity index is 1.40. The van der Waals surface area contributed by atoms with Crippen molar-refractivity contribution >= 4 is 17.4 Å². The minimum atomic E-state index is -0.745. The van der Waals surface area contributed by atoms with Crippen LogP contribution in [0.25, 0.3) is 0 Å². The van der Waals surface area contributed by atoms with Crippen molar-refractivity contribution in [2.75, 3.05) is 13.1 Å². The van der Waals surface area contributed by atoms with Crippen LogP contribution in [0.2, 0.25) is 0 Å². The Hall–Kier alpha value is -2.28. The number of urea groups is 1. The standard InChI is InChI=1S/C16H17N3O3S/c1-11(14-17-7-9-23-14)18-15(20)19-8-6-16(10-19)21-12-4-2-3-5-13(12)22-16/h2-5,7,9,11H,6,8,10H2,1H3,(H,18,20)/t11-/m0/s1. The minimum Gasteiger partial charge on any atom is -0.447 e. The summed E-state index contributed by atoms with van der Waals surface area (Å²) in [6.45, 7) is 2.95. The van der Waals surface area contributed by atoms with Crippen molar-refractivity contribution in [3.63, 3.8) is 0 Å². The number of hydrogen-bond acceptors (Lipinski definition) is 5. The molecule has 0 aliphatic carbocycles. The van der Waals surface area contributed by atoms with E-state index in [1.54, 1.807) is 11.1 Å². The number of nitrogens with one attached hydrogen (secondary N) is 1. The summed E-state index contributed by atoms with van der Waals surface area (Å²) in [5.74, 6) is 0.739. The van der Waals surface area contributed by atoms with Gasteiger partial charge in [-0.05, 0) is 19.1 Å². The predicted octanol–water partition coefficient (Wildman–Crippen LogP) is 2.79. The second-order valence-electron chi connectivity index (χ2n) is 5.77. The van der Waals surface area contributed by atoms with Crippen molar-refractivity contribution < 1.29 is 14.3 Å². The molecule has 1 spiro atoms. The van der Waals surface area contributed by atoms with E-state index in [1.807, 2.05) is 36.6 Å². The third-order valence-corrected chi connectivity index (χ3v) is 5.04. The van der Waals surface area contributed by atoms with E-state index < -0.39 is 5.79 Å². The van der Waals surface area contributed by atoms with Gasteiger partial charge in [0, 0.05) is 24.5 Å². The molecule has 120 valence electrons. The highest BCUT2D eigenvalue weighted by atomic mass is 32.1. The van der Waals surface area contributed by atoms with Crippen molar-refractivity contribution in [2.24, 2.45) is 0 Å². The third kappa shape index (κ3) is 2.61. The van der Waals surface area contributed by atoms with Crippen LogP contribution in [0.3, 0.4) is 0 Å². The summed E-state index contributed by atoms with van der Waals surface area (Å²) < 4.78 is 11.9. The van der Waals surface area contributed by atoms with E-state index in [2.05, 4.69) is 10.3 Å². The lowest BCUT2D eigenvalue weighted by Crippen LogP contribution is -2.45. The molecule has 2 amide bonds. The van der Waals surface area contributed by atoms with E-state index in [0.29, 0.717) is 19.5 Å². The van der Waals surface area contributed by atoms with E-state index in [4.69, 9.17) is 9.47 Å². The van der Waals surface area contributed by atoms with Crippen LogP contribution in [0.4, 0.5) is 4.79 Å². The van der Waals surface area contributed by atoms with Gasteiger partial charge in [0.1, 0.15) is 5.01 Å². The van der Waals surface area contributed by atoms with Crippen LogP contribution in [0.15, 0.2) is 35.8 Å². The highest BCUT2D eigenvalue weighted by Gasteiger charge is 2.48. The molecule has 1 atom stereocenters. The number of amides is 2. The number of nitrogens with zero attached hydrogens (tertiary/aromatic N) is 2. The second kappa shape index (κ2) is 5.42. The maximum atomic E-state index is 12.4. The molecule has 2 aliphatic heterocycles. The molecule has 6 nitrogen and oxygen atoms in total. The Morgan fingerprint density at radius 1 is 1.39 bits per heavy atom. The minimum absolute atomic E-state index is 0.110. The quantitative estimate of drug-likeness (QED) is 0.919. The first-order valence-corrected chi connectivity index (χ1v) is 8.45. The number of carbonyl (C=O) groups excluding carboxylic acids is 1. The van der Waals surface area contributed by atoms with Crippen molar-refractivity contribution in [3.05, 3.63) is 40.8 Å². The summed E-state index contributed by atoms with van der Waals surface area (Å²) in [6, 6.07) is 7.37. The monoisotopic (exact) mass is 331 g/mol. The average Bonchev–Trinajstić information content (AvgIpc) is 3.26. The van der Waals surface area contributed by atoms with E-state index >= 15 is 0 Å². The van der Waals surface area contributed by atoms with Gasteiger partial charge in [0.2, 0.25) is 0 Å². The van der Waals surface area contributed by atoms with E-state index in [0.717, 1.165) is 16.5 Å². The van der Waals surface area contributed by atoms with Gasteiger partial charge < -0.3 is 19.7 Å². The Bertz CT molecular complexity index is 694. The topological polar surface area (TPSA) is 63.7 Å². The van der Waals surface area contributed by atoms with Crippen LogP contribution in [0.5, 0.6) is 11.5 Å². The number of aromatic nitrogens is 1. The number of hydrogen-bond donors (Lipinski definition) is 1. The maximum absolute atomic E-state index is 12.4. The summed E-state index contributed by atoms with van der Waals surface area (Å²) in [5.41, 5.74) is 0. The highest BCUT2D eigenvalue weighted by Crippen LogP contribution is 2.42. The molecule has 0 radical (unpaired) electrons. The van der Waals surface area contributed by atoms with Crippen LogP contribution in [0, 0.1) is 0 Å². The van der Waals surface area contributed by atoms with Crippen molar-refractivity contribution in [2.45, 2.75) is 25.2 Å². The van der Waals surface area contributed by atoms with E-state index in [-0.39, 0.29) is 12.1 Å². The van der Waals surface area contributed by atoms with Crippen LogP contribution in [-0.4, -0.2) is 34.8 Å². The molecule has 23 heavy (non-hydrogen) atoms. The number of para-hydroxylation sites is 2. The van der Waals surface area contributed by atoms with Gasteiger partial charge in [-0.2, -0.15) is 0 Å². The van der Waals surface area contributed by atoms with Gasteiger partial charge in [-0.3, -0.25) is 0 Å². The molecule has 1 fully saturated rings. The van der Waals surface area contributed by atoms with Gasteiger partial charge >= 0.3 is 6.03 Å².